The number of piperidine rings is 1. The van der Waals surface area contributed by atoms with Gasteiger partial charge in [-0.05, 0) is 55.1 Å². The molecule has 1 aliphatic heterocycles. The minimum absolute atomic E-state index is 0.0556. The van der Waals surface area contributed by atoms with Crippen LogP contribution in [0, 0.1) is 5.82 Å². The zero-order valence-corrected chi connectivity index (χ0v) is 18.3. The second-order valence-corrected chi connectivity index (χ2v) is 8.32. The van der Waals surface area contributed by atoms with Crippen LogP contribution in [-0.2, 0) is 10.9 Å². The number of benzene rings is 2. The zero-order valence-electron chi connectivity index (χ0n) is 17.5. The third-order valence-electron chi connectivity index (χ3n) is 5.40. The second kappa shape index (κ2) is 10.4. The van der Waals surface area contributed by atoms with E-state index in [1.807, 2.05) is 0 Å². The van der Waals surface area contributed by atoms with Crippen molar-refractivity contribution in [2.45, 2.75) is 37.2 Å². The highest BCUT2D eigenvalue weighted by Crippen LogP contribution is 2.34. The number of carbonyl (C=O) groups is 1. The molecule has 1 fully saturated rings. The number of nitrogens with zero attached hydrogens (tertiary/aromatic N) is 1. The molecule has 1 amide bonds. The molecule has 1 heterocycles. The lowest BCUT2D eigenvalue weighted by molar-refractivity contribution is -0.207. The molecule has 0 bridgehead atoms. The van der Waals surface area contributed by atoms with Gasteiger partial charge in [-0.3, -0.25) is 10.2 Å². The molecule has 0 radical (unpaired) electrons. The zero-order chi connectivity index (χ0) is 25.1. The molecule has 1 saturated heterocycles. The van der Waals surface area contributed by atoms with Crippen LogP contribution in [0.3, 0.4) is 0 Å². The van der Waals surface area contributed by atoms with E-state index in [0.29, 0.717) is 18.4 Å². The van der Waals surface area contributed by atoms with Gasteiger partial charge in [0.2, 0.25) is 6.10 Å². The highest BCUT2D eigenvalue weighted by atomic mass is 35.5. The lowest BCUT2D eigenvalue weighted by Gasteiger charge is -2.35. The molecular weight excluding hydrogens is 493 g/mol. The van der Waals surface area contributed by atoms with Crippen molar-refractivity contribution in [3.05, 3.63) is 64.4 Å². The number of ether oxygens (including phenoxy) is 1. The highest BCUT2D eigenvalue weighted by molar-refractivity contribution is 6.31. The van der Waals surface area contributed by atoms with E-state index in [-0.39, 0.29) is 23.8 Å². The van der Waals surface area contributed by atoms with Crippen molar-refractivity contribution in [3.63, 3.8) is 0 Å². The molecule has 2 atom stereocenters. The van der Waals surface area contributed by atoms with Gasteiger partial charge in [-0.25, -0.2) is 9.18 Å². The third-order valence-corrected chi connectivity index (χ3v) is 5.68. The Morgan fingerprint density at radius 2 is 1.88 bits per heavy atom. The van der Waals surface area contributed by atoms with Crippen LogP contribution in [0.25, 0.3) is 0 Å². The van der Waals surface area contributed by atoms with Gasteiger partial charge in [0, 0.05) is 18.8 Å². The van der Waals surface area contributed by atoms with Crippen molar-refractivity contribution in [2.75, 3.05) is 25.0 Å². The Labute approximate surface area is 195 Å². The molecule has 1 unspecified atom stereocenters. The van der Waals surface area contributed by atoms with Gasteiger partial charge >= 0.3 is 18.4 Å². The molecule has 0 aliphatic carbocycles. The number of halogens is 8. The van der Waals surface area contributed by atoms with E-state index < -0.39 is 48.4 Å². The number of likely N-dealkylation sites (tertiary alicyclic amines) is 1. The van der Waals surface area contributed by atoms with E-state index in [9.17, 15) is 35.5 Å². The maximum absolute atomic E-state index is 13.6. The lowest BCUT2D eigenvalue weighted by atomic mass is 9.89. The summed E-state index contributed by atoms with van der Waals surface area (Å²) < 4.78 is 97.6. The van der Waals surface area contributed by atoms with E-state index in [0.717, 1.165) is 30.3 Å². The monoisotopic (exact) mass is 512 g/mol. The largest absolute Gasteiger partial charge is 0.435 e. The van der Waals surface area contributed by atoms with Gasteiger partial charge in [0.15, 0.2) is 0 Å². The maximum atomic E-state index is 13.6. The van der Waals surface area contributed by atoms with Gasteiger partial charge in [-0.2, -0.15) is 26.3 Å². The van der Waals surface area contributed by atoms with Crippen LogP contribution in [0.15, 0.2) is 42.5 Å². The van der Waals surface area contributed by atoms with Crippen LogP contribution >= 0.6 is 11.6 Å². The Kier molecular flexibility index (Phi) is 7.97. The fourth-order valence-corrected chi connectivity index (χ4v) is 3.94. The summed E-state index contributed by atoms with van der Waals surface area (Å²) in [4.78, 5) is 13.4. The van der Waals surface area contributed by atoms with E-state index in [2.05, 4.69) is 10.1 Å². The predicted octanol–water partition coefficient (Wildman–Crippen LogP) is 6.86. The summed E-state index contributed by atoms with van der Waals surface area (Å²) in [7, 11) is 0. The fraction of sp³-hybridized carbons (Fsp3) is 0.409. The first-order valence-electron chi connectivity index (χ1n) is 10.2. The van der Waals surface area contributed by atoms with Crippen LogP contribution in [0.1, 0.15) is 29.9 Å². The summed E-state index contributed by atoms with van der Waals surface area (Å²) in [6.45, 7) is -0.344. The summed E-state index contributed by atoms with van der Waals surface area (Å²) in [6.07, 6.45) is -12.3. The molecule has 0 spiro atoms. The van der Waals surface area contributed by atoms with Crippen molar-refractivity contribution in [3.8, 4) is 0 Å². The molecule has 0 saturated carbocycles. The number of alkyl halides is 6. The Morgan fingerprint density at radius 3 is 2.53 bits per heavy atom. The van der Waals surface area contributed by atoms with Gasteiger partial charge in [0.1, 0.15) is 5.82 Å². The van der Waals surface area contributed by atoms with Crippen LogP contribution < -0.4 is 5.32 Å². The molecule has 2 aromatic rings. The number of hydrogen-bond acceptors (Lipinski definition) is 3. The van der Waals surface area contributed by atoms with Crippen LogP contribution in [0.5, 0.6) is 0 Å². The maximum Gasteiger partial charge on any atom is 0.426 e. The van der Waals surface area contributed by atoms with Crippen molar-refractivity contribution < 1.29 is 40.3 Å². The molecule has 0 aromatic heterocycles. The number of amides is 1. The summed E-state index contributed by atoms with van der Waals surface area (Å²) in [6, 6.07) is 7.78. The van der Waals surface area contributed by atoms with Crippen LogP contribution in [0.4, 0.5) is 41.2 Å². The quantitative estimate of drug-likeness (QED) is 0.445. The normalized spacial score (nSPS) is 18.4. The molecule has 34 heavy (non-hydrogen) atoms. The van der Waals surface area contributed by atoms with Gasteiger partial charge in [-0.1, -0.05) is 29.8 Å². The van der Waals surface area contributed by atoms with E-state index in [1.165, 1.54) is 17.0 Å². The van der Waals surface area contributed by atoms with Crippen LogP contribution in [-0.4, -0.2) is 42.9 Å². The Bertz CT molecular complexity index is 1010. The number of carbonyl (C=O) groups excluding carboxylic acids is 1. The van der Waals surface area contributed by atoms with E-state index >= 15 is 0 Å². The van der Waals surface area contributed by atoms with Gasteiger partial charge < -0.3 is 4.74 Å². The summed E-state index contributed by atoms with van der Waals surface area (Å²) in [5, 5.41) is 1.73. The number of hydrogen-bond donors (Lipinski definition) is 1. The molecule has 4 nitrogen and oxygen atoms in total. The van der Waals surface area contributed by atoms with Crippen LogP contribution in [0.2, 0.25) is 5.02 Å². The molecule has 1 N–H and O–H groups in total. The minimum atomic E-state index is -4.89. The van der Waals surface area contributed by atoms with Gasteiger partial charge in [0.25, 0.3) is 0 Å². The first-order valence-corrected chi connectivity index (χ1v) is 10.6. The summed E-state index contributed by atoms with van der Waals surface area (Å²) in [5.74, 6) is -1.17. The molecule has 12 heteroatoms. The fourth-order valence-electron chi connectivity index (χ4n) is 3.75. The SMILES string of the molecule is O=C(Nc1ccc(F)c(Cl)c1)O[C@@H](CN1CCCC(c2cccc(C(F)(F)F)c2)C1)C(F)(F)F. The summed E-state index contributed by atoms with van der Waals surface area (Å²) in [5.41, 5.74) is -0.494. The molecule has 1 aliphatic rings. The number of nitrogens with one attached hydrogen (secondary N) is 1. The standard InChI is InChI=1S/C22H20ClF7N2O2/c23-17-10-16(6-7-18(17)24)31-20(33)34-19(22(28,29)30)12-32-8-2-4-14(11-32)13-3-1-5-15(9-13)21(25,26)27/h1,3,5-7,9-10,14,19H,2,4,8,11-12H2,(H,31,33)/t14?,19-/m0/s1. The van der Waals surface area contributed by atoms with E-state index in [1.54, 1.807) is 0 Å². The molecule has 2 aromatic carbocycles. The lowest BCUT2D eigenvalue weighted by Crippen LogP contribution is -2.47. The molecular formula is C22H20ClF7N2O2. The Hall–Kier alpha value is -2.53. The minimum Gasteiger partial charge on any atom is -0.435 e. The Balaban J connectivity index is 1.66. The van der Waals surface area contributed by atoms with Gasteiger partial charge in [0.05, 0.1) is 10.6 Å². The third kappa shape index (κ3) is 6.99. The van der Waals surface area contributed by atoms with Crippen molar-refractivity contribution in [1.82, 2.24) is 4.90 Å². The van der Waals surface area contributed by atoms with Gasteiger partial charge in [-0.15, -0.1) is 0 Å². The van der Waals surface area contributed by atoms with Crippen molar-refractivity contribution in [2.24, 2.45) is 0 Å². The van der Waals surface area contributed by atoms with Crippen molar-refractivity contribution in [1.29, 1.82) is 0 Å². The summed E-state index contributed by atoms with van der Waals surface area (Å²) >= 11 is 5.59. The average molecular weight is 513 g/mol. The van der Waals surface area contributed by atoms with E-state index in [4.69, 9.17) is 11.6 Å². The number of anilines is 1. The highest BCUT2D eigenvalue weighted by Gasteiger charge is 2.44. The first-order chi connectivity index (χ1) is 15.8. The first kappa shape index (κ1) is 26.1. The topological polar surface area (TPSA) is 41.6 Å². The smallest absolute Gasteiger partial charge is 0.426 e. The predicted molar refractivity (Wildman–Crippen MR) is 111 cm³/mol. The molecule has 3 rings (SSSR count). The van der Waals surface area contributed by atoms with Crippen molar-refractivity contribution >= 4 is 23.4 Å². The Morgan fingerprint density at radius 1 is 1.15 bits per heavy atom. The second-order valence-electron chi connectivity index (χ2n) is 7.91. The molecule has 186 valence electrons. The number of rotatable bonds is 5. The average Bonchev–Trinajstić information content (AvgIpc) is 2.75.